The molecule has 1 atom stereocenters. The molecule has 5 heteroatoms. The molecular formula is C48H91O4P. The predicted molar refractivity (Wildman–Crippen MR) is 234 cm³/mol. The van der Waals surface area contributed by atoms with Crippen molar-refractivity contribution < 1.29 is 19.1 Å². The van der Waals surface area contributed by atoms with Gasteiger partial charge in [-0.05, 0) is 57.7 Å². The summed E-state index contributed by atoms with van der Waals surface area (Å²) in [5, 5.41) is 9.42. The van der Waals surface area contributed by atoms with Crippen LogP contribution in [0.3, 0.4) is 0 Å². The second-order valence-electron chi connectivity index (χ2n) is 17.9. The Kier molecular flexibility index (Phi) is 29.6. The first-order valence-corrected chi connectivity index (χ1v) is 24.9. The van der Waals surface area contributed by atoms with Crippen LogP contribution in [0.4, 0.5) is 0 Å². The number of aryl methyl sites for hydroxylation is 1. The van der Waals surface area contributed by atoms with Crippen LogP contribution in [0.2, 0.25) is 0 Å². The molecule has 0 aliphatic heterocycles. The van der Waals surface area contributed by atoms with E-state index in [2.05, 4.69) is 13.8 Å². The molecule has 0 fully saturated rings. The fourth-order valence-electron chi connectivity index (χ4n) is 8.19. The van der Waals surface area contributed by atoms with Crippen molar-refractivity contribution in [2.75, 3.05) is 0 Å². The molecule has 0 aromatic heterocycles. The maximum Gasteiger partial charge on any atom is 0.339 e. The maximum atomic E-state index is 14.5. The summed E-state index contributed by atoms with van der Waals surface area (Å²) in [7, 11) is -4.07. The van der Waals surface area contributed by atoms with Crippen LogP contribution in [0.15, 0.2) is 18.2 Å². The lowest BCUT2D eigenvalue weighted by atomic mass is 9.86. The summed E-state index contributed by atoms with van der Waals surface area (Å²) < 4.78 is 20.6. The monoisotopic (exact) mass is 763 g/mol. The molecule has 0 bridgehead atoms. The van der Waals surface area contributed by atoms with Crippen LogP contribution in [0.1, 0.15) is 264 Å². The minimum Gasteiger partial charge on any atom is -0.508 e. The Morgan fingerprint density at radius 2 is 0.792 bits per heavy atom. The van der Waals surface area contributed by atoms with Gasteiger partial charge in [0, 0.05) is 0 Å². The second-order valence-corrected chi connectivity index (χ2v) is 19.9. The van der Waals surface area contributed by atoms with Crippen LogP contribution in [0.5, 0.6) is 5.75 Å². The molecule has 1 aromatic carbocycles. The lowest BCUT2D eigenvalue weighted by Gasteiger charge is -2.40. The van der Waals surface area contributed by atoms with Crippen molar-refractivity contribution in [1.82, 2.24) is 0 Å². The van der Waals surface area contributed by atoms with Crippen molar-refractivity contribution in [3.63, 3.8) is 0 Å². The summed E-state index contributed by atoms with van der Waals surface area (Å²) in [5.74, 6) is 0.233. The van der Waals surface area contributed by atoms with Gasteiger partial charge in [-0.2, -0.15) is 0 Å². The second kappa shape index (κ2) is 31.3. The summed E-state index contributed by atoms with van der Waals surface area (Å²) in [4.78, 5) is 11.9. The average molecular weight is 763 g/mol. The van der Waals surface area contributed by atoms with E-state index >= 15 is 0 Å². The van der Waals surface area contributed by atoms with Crippen LogP contribution < -0.4 is 0 Å². The zero-order chi connectivity index (χ0) is 39.1. The third-order valence-electron chi connectivity index (χ3n) is 11.6. The lowest BCUT2D eigenvalue weighted by molar-refractivity contribution is 0.0965. The zero-order valence-corrected chi connectivity index (χ0v) is 37.3. The Morgan fingerprint density at radius 1 is 0.509 bits per heavy atom. The number of benzene rings is 1. The largest absolute Gasteiger partial charge is 0.508 e. The molecule has 312 valence electrons. The van der Waals surface area contributed by atoms with Gasteiger partial charge in [-0.1, -0.05) is 231 Å². The van der Waals surface area contributed by atoms with Crippen molar-refractivity contribution in [3.05, 3.63) is 29.3 Å². The summed E-state index contributed by atoms with van der Waals surface area (Å²) in [6, 6.07) is 5.54. The van der Waals surface area contributed by atoms with Crippen LogP contribution in [-0.4, -0.2) is 15.6 Å². The van der Waals surface area contributed by atoms with Gasteiger partial charge in [-0.15, -0.1) is 0 Å². The third-order valence-corrected chi connectivity index (χ3v) is 14.1. The van der Waals surface area contributed by atoms with E-state index in [4.69, 9.17) is 4.52 Å². The van der Waals surface area contributed by atoms with E-state index in [1.165, 1.54) is 180 Å². The van der Waals surface area contributed by atoms with Crippen molar-refractivity contribution in [2.45, 2.75) is 271 Å². The van der Waals surface area contributed by atoms with Crippen LogP contribution >= 0.6 is 7.60 Å². The lowest BCUT2D eigenvalue weighted by Crippen LogP contribution is -2.31. The molecule has 1 aromatic rings. The van der Waals surface area contributed by atoms with Crippen LogP contribution in [0.25, 0.3) is 0 Å². The molecule has 2 N–H and O–H groups in total. The van der Waals surface area contributed by atoms with Gasteiger partial charge in [0.15, 0.2) is 0 Å². The summed E-state index contributed by atoms with van der Waals surface area (Å²) in [6.45, 7) is 12.1. The Labute approximate surface area is 331 Å². The normalized spacial score (nSPS) is 13.5. The number of aromatic hydroxyl groups is 1. The Morgan fingerprint density at radius 3 is 1.06 bits per heavy atom. The van der Waals surface area contributed by atoms with E-state index in [9.17, 15) is 14.6 Å². The number of phenolic OH excluding ortho intramolecular Hbond substituents is 1. The molecule has 0 spiro atoms. The van der Waals surface area contributed by atoms with Gasteiger partial charge in [0.25, 0.3) is 0 Å². The van der Waals surface area contributed by atoms with E-state index < -0.39 is 18.4 Å². The Bertz CT molecular complexity index is 995. The van der Waals surface area contributed by atoms with Gasteiger partial charge in [0.2, 0.25) is 0 Å². The van der Waals surface area contributed by atoms with E-state index in [1.54, 1.807) is 6.07 Å². The number of rotatable bonds is 37. The van der Waals surface area contributed by atoms with E-state index in [-0.39, 0.29) is 5.75 Å². The van der Waals surface area contributed by atoms with Gasteiger partial charge >= 0.3 is 7.60 Å². The first kappa shape index (κ1) is 50.2. The molecule has 53 heavy (non-hydrogen) atoms. The molecule has 4 nitrogen and oxygen atoms in total. The molecule has 0 heterocycles. The quantitative estimate of drug-likeness (QED) is 0.0523. The van der Waals surface area contributed by atoms with Gasteiger partial charge in [-0.25, -0.2) is 0 Å². The standard InChI is InChI=1S/C48H91O4P/c1-7-9-11-13-15-17-19-21-23-25-27-29-31-33-35-37-41-48(53(50,51)52-47(4,5)6,45-39-40-46(49)44(3)43-45)42-38-36-34-32-30-28-26-24-22-20-18-16-14-12-10-8-2/h39-40,43,49H,7-38,41-42H2,1-6H3,(H,50,51). The van der Waals surface area contributed by atoms with E-state index in [1.807, 2.05) is 39.8 Å². The highest BCUT2D eigenvalue weighted by molar-refractivity contribution is 7.54. The van der Waals surface area contributed by atoms with E-state index in [0.29, 0.717) is 12.8 Å². The maximum absolute atomic E-state index is 14.5. The Balaban J connectivity index is 2.59. The van der Waals surface area contributed by atoms with Gasteiger partial charge in [-0.3, -0.25) is 4.57 Å². The topological polar surface area (TPSA) is 66.8 Å². The number of hydrogen-bond acceptors (Lipinski definition) is 3. The molecule has 1 rings (SSSR count). The summed E-state index contributed by atoms with van der Waals surface area (Å²) in [6.07, 6.45) is 43.2. The number of hydrogen-bond donors (Lipinski definition) is 2. The molecule has 0 aliphatic carbocycles. The summed E-state index contributed by atoms with van der Waals surface area (Å²) in [5.41, 5.74) is 0.872. The molecular weight excluding hydrogens is 671 g/mol. The van der Waals surface area contributed by atoms with Gasteiger partial charge in [0.1, 0.15) is 5.75 Å². The van der Waals surface area contributed by atoms with Gasteiger partial charge < -0.3 is 14.5 Å². The SMILES string of the molecule is CCCCCCCCCCCCCCCCCCC(CCCCCCCCCCCCCCCCCC)(c1ccc(O)c(C)c1)P(=O)(O)OC(C)(C)C. The fourth-order valence-corrected chi connectivity index (χ4v) is 10.5. The minimum atomic E-state index is -4.07. The number of unbranched alkanes of at least 4 members (excludes halogenated alkanes) is 30. The zero-order valence-electron chi connectivity index (χ0n) is 36.4. The first-order chi connectivity index (χ1) is 25.5. The van der Waals surface area contributed by atoms with E-state index in [0.717, 1.165) is 36.8 Å². The molecule has 0 saturated heterocycles. The average Bonchev–Trinajstić information content (AvgIpc) is 3.10. The third kappa shape index (κ3) is 24.4. The summed E-state index contributed by atoms with van der Waals surface area (Å²) >= 11 is 0. The van der Waals surface area contributed by atoms with Crippen molar-refractivity contribution in [3.8, 4) is 5.75 Å². The number of phenols is 1. The molecule has 1 unspecified atom stereocenters. The highest BCUT2D eigenvalue weighted by atomic mass is 31.2. The predicted octanol–water partition coefficient (Wildman–Crippen LogP) is 17.2. The van der Waals surface area contributed by atoms with Crippen molar-refractivity contribution >= 4 is 7.60 Å². The molecule has 0 aliphatic rings. The van der Waals surface area contributed by atoms with Crippen LogP contribution in [0, 0.1) is 6.92 Å². The molecule has 0 radical (unpaired) electrons. The highest BCUT2D eigenvalue weighted by Gasteiger charge is 2.51. The van der Waals surface area contributed by atoms with Crippen molar-refractivity contribution in [2.24, 2.45) is 0 Å². The van der Waals surface area contributed by atoms with Crippen molar-refractivity contribution in [1.29, 1.82) is 0 Å². The highest BCUT2D eigenvalue weighted by Crippen LogP contribution is 2.67. The first-order valence-electron chi connectivity index (χ1n) is 23.3. The smallest absolute Gasteiger partial charge is 0.339 e. The fraction of sp³-hybridized carbons (Fsp3) is 0.875. The Hall–Kier alpha value is -0.830. The van der Waals surface area contributed by atoms with Crippen LogP contribution in [-0.2, 0) is 14.2 Å². The molecule has 0 amide bonds. The van der Waals surface area contributed by atoms with Gasteiger partial charge in [0.05, 0.1) is 10.8 Å². The molecule has 0 saturated carbocycles. The minimum absolute atomic E-state index is 0.233.